The summed E-state index contributed by atoms with van der Waals surface area (Å²) in [4.78, 5) is 19.1. The Morgan fingerprint density at radius 3 is 2.44 bits per heavy atom. The van der Waals surface area contributed by atoms with Gasteiger partial charge < -0.3 is 5.11 Å². The van der Waals surface area contributed by atoms with Gasteiger partial charge in [-0.25, -0.2) is 4.79 Å². The van der Waals surface area contributed by atoms with Crippen LogP contribution in [0.3, 0.4) is 0 Å². The lowest BCUT2D eigenvalue weighted by molar-refractivity contribution is 0.0697. The fraction of sp³-hybridized carbons (Fsp3) is 0.171. The van der Waals surface area contributed by atoms with E-state index < -0.39 is 5.97 Å². The molecule has 4 nitrogen and oxygen atoms in total. The van der Waals surface area contributed by atoms with Gasteiger partial charge in [-0.2, -0.15) is 0 Å². The van der Waals surface area contributed by atoms with Crippen molar-refractivity contribution in [3.63, 3.8) is 0 Å². The van der Waals surface area contributed by atoms with Gasteiger partial charge in [0.15, 0.2) is 0 Å². The summed E-state index contributed by atoms with van der Waals surface area (Å²) in [5.41, 5.74) is 5.73. The smallest absolute Gasteiger partial charge is 0.335 e. The third-order valence-corrected chi connectivity index (χ3v) is 8.07. The van der Waals surface area contributed by atoms with Crippen molar-refractivity contribution in [3.8, 4) is 0 Å². The first kappa shape index (κ1) is 24.7. The molecule has 6 aromatic rings. The number of carbonyl (C=O) groups is 1. The van der Waals surface area contributed by atoms with E-state index in [-0.39, 0.29) is 5.41 Å². The minimum Gasteiger partial charge on any atom is -0.478 e. The molecule has 0 saturated carbocycles. The van der Waals surface area contributed by atoms with Crippen molar-refractivity contribution >= 4 is 38.4 Å². The summed E-state index contributed by atoms with van der Waals surface area (Å²) in [5, 5.41) is 15.1. The van der Waals surface area contributed by atoms with Crippen molar-refractivity contribution in [3.05, 3.63) is 132 Å². The van der Waals surface area contributed by atoms with Gasteiger partial charge in [-0.3, -0.25) is 9.97 Å². The van der Waals surface area contributed by atoms with Crippen LogP contribution >= 0.6 is 0 Å². The molecule has 0 aliphatic heterocycles. The Morgan fingerprint density at radius 1 is 0.821 bits per heavy atom. The van der Waals surface area contributed by atoms with Gasteiger partial charge in [-0.15, -0.1) is 0 Å². The normalized spacial score (nSPS) is 15.9. The predicted molar refractivity (Wildman–Crippen MR) is 158 cm³/mol. The van der Waals surface area contributed by atoms with Crippen LogP contribution in [0.2, 0.25) is 0 Å². The molecule has 2 heterocycles. The molecule has 4 aromatic carbocycles. The Hall–Kier alpha value is -4.57. The average molecular weight is 511 g/mol. The van der Waals surface area contributed by atoms with Crippen LogP contribution in [0.25, 0.3) is 32.4 Å². The Balaban J connectivity index is 0.000000179. The number of carboxylic acids is 1. The lowest BCUT2D eigenvalue weighted by Gasteiger charge is -2.40. The molecule has 1 atom stereocenters. The van der Waals surface area contributed by atoms with Gasteiger partial charge >= 0.3 is 5.97 Å². The Labute approximate surface area is 228 Å². The predicted octanol–water partition coefficient (Wildman–Crippen LogP) is 8.23. The topological polar surface area (TPSA) is 63.1 Å². The highest BCUT2D eigenvalue weighted by Crippen LogP contribution is 2.47. The van der Waals surface area contributed by atoms with Gasteiger partial charge in [-0.1, -0.05) is 74.5 Å². The Morgan fingerprint density at radius 2 is 1.62 bits per heavy atom. The molecule has 4 heteroatoms. The summed E-state index contributed by atoms with van der Waals surface area (Å²) < 4.78 is 0. The first-order chi connectivity index (χ1) is 18.9. The van der Waals surface area contributed by atoms with Gasteiger partial charge in [0, 0.05) is 24.0 Å². The number of carboxylic acid groups (broad SMARTS) is 1. The number of hydrogen-bond acceptors (Lipinski definition) is 3. The fourth-order valence-corrected chi connectivity index (χ4v) is 6.03. The molecule has 0 bridgehead atoms. The van der Waals surface area contributed by atoms with E-state index in [2.05, 4.69) is 84.5 Å². The highest BCUT2D eigenvalue weighted by molar-refractivity contribution is 6.08. The summed E-state index contributed by atoms with van der Waals surface area (Å²) in [6.45, 7) is 4.82. The van der Waals surface area contributed by atoms with Crippen LogP contribution in [-0.2, 0) is 12.8 Å². The SMILES string of the molecule is CC1(C)Cc2c(ccc3c2ccc2ccccc23)CC1c1cccnc1.O=C(O)c1ccc2ncccc2c1. The van der Waals surface area contributed by atoms with Crippen molar-refractivity contribution in [1.29, 1.82) is 0 Å². The molecule has 1 aliphatic carbocycles. The number of benzene rings is 4. The Bertz CT molecular complexity index is 1830. The zero-order valence-electron chi connectivity index (χ0n) is 22.1. The molecule has 192 valence electrons. The summed E-state index contributed by atoms with van der Waals surface area (Å²) in [6.07, 6.45) is 7.80. The number of aromatic carboxylic acids is 1. The van der Waals surface area contributed by atoms with E-state index in [0.29, 0.717) is 11.5 Å². The van der Waals surface area contributed by atoms with Gasteiger partial charge in [0.05, 0.1) is 11.1 Å². The van der Waals surface area contributed by atoms with Crippen LogP contribution in [0.15, 0.2) is 110 Å². The van der Waals surface area contributed by atoms with E-state index in [4.69, 9.17) is 5.11 Å². The van der Waals surface area contributed by atoms with Crippen molar-refractivity contribution in [2.24, 2.45) is 5.41 Å². The van der Waals surface area contributed by atoms with E-state index in [1.54, 1.807) is 36.0 Å². The quantitative estimate of drug-likeness (QED) is 0.238. The summed E-state index contributed by atoms with van der Waals surface area (Å²) in [5.74, 6) is -0.396. The zero-order chi connectivity index (χ0) is 27.0. The molecule has 0 saturated heterocycles. The minimum absolute atomic E-state index is 0.218. The van der Waals surface area contributed by atoms with Crippen molar-refractivity contribution in [2.75, 3.05) is 0 Å². The largest absolute Gasteiger partial charge is 0.478 e. The molecule has 2 aromatic heterocycles. The number of nitrogens with zero attached hydrogens (tertiary/aromatic N) is 2. The molecule has 1 aliphatic rings. The second kappa shape index (κ2) is 9.95. The lowest BCUT2D eigenvalue weighted by Crippen LogP contribution is -2.31. The summed E-state index contributed by atoms with van der Waals surface area (Å²) in [6, 6.07) is 30.8. The van der Waals surface area contributed by atoms with Crippen LogP contribution in [0, 0.1) is 5.41 Å². The van der Waals surface area contributed by atoms with Crippen molar-refractivity contribution in [2.45, 2.75) is 32.6 Å². The summed E-state index contributed by atoms with van der Waals surface area (Å²) in [7, 11) is 0. The van der Waals surface area contributed by atoms with Crippen molar-refractivity contribution in [1.82, 2.24) is 9.97 Å². The molecule has 39 heavy (non-hydrogen) atoms. The van der Waals surface area contributed by atoms with Crippen molar-refractivity contribution < 1.29 is 9.90 Å². The fourth-order valence-electron chi connectivity index (χ4n) is 6.03. The molecular formula is C35H30N2O2. The van der Waals surface area contributed by atoms with Crippen LogP contribution in [0.4, 0.5) is 0 Å². The maximum Gasteiger partial charge on any atom is 0.335 e. The maximum atomic E-state index is 10.6. The van der Waals surface area contributed by atoms with E-state index in [1.165, 1.54) is 32.7 Å². The molecule has 1 unspecified atom stereocenters. The maximum absolute atomic E-state index is 10.6. The highest BCUT2D eigenvalue weighted by Gasteiger charge is 2.36. The number of fused-ring (bicyclic) bond motifs is 6. The summed E-state index contributed by atoms with van der Waals surface area (Å²) >= 11 is 0. The van der Waals surface area contributed by atoms with E-state index >= 15 is 0 Å². The van der Waals surface area contributed by atoms with E-state index in [1.807, 2.05) is 18.5 Å². The van der Waals surface area contributed by atoms with Gasteiger partial charge in [0.1, 0.15) is 0 Å². The van der Waals surface area contributed by atoms with Gasteiger partial charge in [-0.05, 0) is 92.7 Å². The standard InChI is InChI=1S/C25H23N.C10H7NO2/c1-25(2)15-23-18(14-24(25)19-7-5-13-26-16-19)10-12-21-20-8-4-3-6-17(20)9-11-22(21)23;12-10(13)8-3-4-9-7(6-8)2-1-5-11-9/h3-13,16,24H,14-15H2,1-2H3;1-6H,(H,12,13). The molecule has 1 N–H and O–H groups in total. The molecule has 7 rings (SSSR count). The van der Waals surface area contributed by atoms with Crippen LogP contribution in [-0.4, -0.2) is 21.0 Å². The number of aromatic nitrogens is 2. The third-order valence-electron chi connectivity index (χ3n) is 8.07. The second-order valence-electron chi connectivity index (χ2n) is 11.0. The second-order valence-corrected chi connectivity index (χ2v) is 11.0. The molecule has 0 spiro atoms. The van der Waals surface area contributed by atoms with Gasteiger partial charge in [0.25, 0.3) is 0 Å². The monoisotopic (exact) mass is 510 g/mol. The van der Waals surface area contributed by atoms with Crippen LogP contribution in [0.5, 0.6) is 0 Å². The minimum atomic E-state index is -0.911. The number of hydrogen-bond donors (Lipinski definition) is 1. The van der Waals surface area contributed by atoms with Crippen LogP contribution < -0.4 is 0 Å². The van der Waals surface area contributed by atoms with E-state index in [9.17, 15) is 4.79 Å². The lowest BCUT2D eigenvalue weighted by atomic mass is 9.64. The zero-order valence-corrected chi connectivity index (χ0v) is 22.1. The molecule has 0 fully saturated rings. The van der Waals surface area contributed by atoms with Crippen LogP contribution in [0.1, 0.15) is 46.8 Å². The Kier molecular flexibility index (Phi) is 6.32. The molecule has 0 radical (unpaired) electrons. The third kappa shape index (κ3) is 4.74. The van der Waals surface area contributed by atoms with E-state index in [0.717, 1.165) is 23.7 Å². The molecular weight excluding hydrogens is 480 g/mol. The first-order valence-corrected chi connectivity index (χ1v) is 13.3. The van der Waals surface area contributed by atoms with Gasteiger partial charge in [0.2, 0.25) is 0 Å². The highest BCUT2D eigenvalue weighted by atomic mass is 16.4. The first-order valence-electron chi connectivity index (χ1n) is 13.3. The average Bonchev–Trinajstić information content (AvgIpc) is 2.96. The number of pyridine rings is 2. The number of rotatable bonds is 2. The molecule has 0 amide bonds.